The molecular formula is C11H19BrN4. The third-order valence-electron chi connectivity index (χ3n) is 2.60. The van der Waals surface area contributed by atoms with E-state index in [2.05, 4.69) is 52.0 Å². The van der Waals surface area contributed by atoms with Crippen LogP contribution >= 0.6 is 15.9 Å². The molecule has 1 aromatic heterocycles. The van der Waals surface area contributed by atoms with Gasteiger partial charge in [-0.15, -0.1) is 0 Å². The van der Waals surface area contributed by atoms with E-state index in [1.807, 2.05) is 0 Å². The maximum Gasteiger partial charge on any atom is 0.221 e. The summed E-state index contributed by atoms with van der Waals surface area (Å²) in [6.45, 7) is 6.61. The van der Waals surface area contributed by atoms with Crippen molar-refractivity contribution in [2.24, 2.45) is 5.92 Å². The second-order valence-electron chi connectivity index (χ2n) is 4.22. The van der Waals surface area contributed by atoms with E-state index in [-0.39, 0.29) is 0 Å². The Balaban J connectivity index is 2.61. The van der Waals surface area contributed by atoms with Gasteiger partial charge in [0.05, 0.1) is 4.47 Å². The Labute approximate surface area is 105 Å². The quantitative estimate of drug-likeness (QED) is 0.873. The van der Waals surface area contributed by atoms with E-state index in [1.165, 1.54) is 6.42 Å². The van der Waals surface area contributed by atoms with Crippen molar-refractivity contribution in [3.63, 3.8) is 0 Å². The van der Waals surface area contributed by atoms with Gasteiger partial charge >= 0.3 is 0 Å². The summed E-state index contributed by atoms with van der Waals surface area (Å²) in [5.41, 5.74) is 5.55. The Hall–Kier alpha value is -0.840. The van der Waals surface area contributed by atoms with Crippen LogP contribution in [-0.2, 0) is 0 Å². The van der Waals surface area contributed by atoms with Gasteiger partial charge in [-0.05, 0) is 35.2 Å². The van der Waals surface area contributed by atoms with Crippen molar-refractivity contribution in [2.75, 3.05) is 11.1 Å². The lowest BCUT2D eigenvalue weighted by Crippen LogP contribution is -2.19. The van der Waals surface area contributed by atoms with Gasteiger partial charge in [0, 0.05) is 12.2 Å². The molecule has 0 aliphatic heterocycles. The average molecular weight is 287 g/mol. The molecule has 16 heavy (non-hydrogen) atoms. The highest BCUT2D eigenvalue weighted by molar-refractivity contribution is 9.10. The number of hydrogen-bond acceptors (Lipinski definition) is 4. The first-order chi connectivity index (χ1) is 7.52. The molecule has 0 saturated carbocycles. The number of aromatic nitrogens is 2. The minimum absolute atomic E-state index is 0.293. The molecule has 1 aromatic rings. The molecule has 0 aromatic carbocycles. The van der Waals surface area contributed by atoms with Gasteiger partial charge in [-0.2, -0.15) is 4.98 Å². The average Bonchev–Trinajstić information content (AvgIpc) is 2.23. The molecule has 0 spiro atoms. The smallest absolute Gasteiger partial charge is 0.221 e. The van der Waals surface area contributed by atoms with E-state index in [0.29, 0.717) is 17.9 Å². The van der Waals surface area contributed by atoms with Crippen LogP contribution in [-0.4, -0.2) is 16.0 Å². The SMILES string of the molecule is CCC(C)CC(C)Nc1nc(N)ncc1Br. The zero-order valence-electron chi connectivity index (χ0n) is 10.00. The maximum absolute atomic E-state index is 5.55. The molecule has 5 heteroatoms. The molecule has 4 nitrogen and oxygen atoms in total. The van der Waals surface area contributed by atoms with Gasteiger partial charge < -0.3 is 11.1 Å². The molecule has 3 N–H and O–H groups in total. The molecule has 1 heterocycles. The standard InChI is InChI=1S/C11H19BrN4/c1-4-7(2)5-8(3)15-10-9(12)6-14-11(13)16-10/h6-8H,4-5H2,1-3H3,(H3,13,14,15,16). The number of nitrogens with one attached hydrogen (secondary N) is 1. The summed E-state index contributed by atoms with van der Waals surface area (Å²) in [6.07, 6.45) is 3.98. The molecular weight excluding hydrogens is 268 g/mol. The lowest BCUT2D eigenvalue weighted by Gasteiger charge is -2.18. The molecule has 1 rings (SSSR count). The summed E-state index contributed by atoms with van der Waals surface area (Å²) in [5.74, 6) is 1.77. The number of halogens is 1. The predicted molar refractivity (Wildman–Crippen MR) is 71.3 cm³/mol. The van der Waals surface area contributed by atoms with Crippen LogP contribution in [0.1, 0.15) is 33.6 Å². The summed E-state index contributed by atoms with van der Waals surface area (Å²) in [5, 5.41) is 3.34. The van der Waals surface area contributed by atoms with Crippen LogP contribution in [0.4, 0.5) is 11.8 Å². The van der Waals surface area contributed by atoms with Gasteiger partial charge in [-0.3, -0.25) is 0 Å². The first-order valence-corrected chi connectivity index (χ1v) is 6.36. The van der Waals surface area contributed by atoms with Crippen LogP contribution in [0.3, 0.4) is 0 Å². The second kappa shape index (κ2) is 6.03. The van der Waals surface area contributed by atoms with E-state index in [0.717, 1.165) is 16.7 Å². The first-order valence-electron chi connectivity index (χ1n) is 5.57. The number of rotatable bonds is 5. The van der Waals surface area contributed by atoms with Crippen molar-refractivity contribution >= 4 is 27.7 Å². The summed E-state index contributed by atoms with van der Waals surface area (Å²) in [6, 6.07) is 0.376. The zero-order chi connectivity index (χ0) is 12.1. The molecule has 0 aliphatic rings. The fraction of sp³-hybridized carbons (Fsp3) is 0.636. The van der Waals surface area contributed by atoms with E-state index >= 15 is 0 Å². The molecule has 2 unspecified atom stereocenters. The minimum atomic E-state index is 0.293. The highest BCUT2D eigenvalue weighted by atomic mass is 79.9. The molecule has 0 bridgehead atoms. The lowest BCUT2D eigenvalue weighted by molar-refractivity contribution is 0.483. The fourth-order valence-electron chi connectivity index (χ4n) is 1.54. The summed E-state index contributed by atoms with van der Waals surface area (Å²) in [7, 11) is 0. The van der Waals surface area contributed by atoms with Crippen LogP contribution in [0.25, 0.3) is 0 Å². The minimum Gasteiger partial charge on any atom is -0.368 e. The number of nitrogens with two attached hydrogens (primary N) is 1. The molecule has 90 valence electrons. The number of hydrogen-bond donors (Lipinski definition) is 2. The third-order valence-corrected chi connectivity index (χ3v) is 3.18. The number of nitrogen functional groups attached to an aromatic ring is 1. The fourth-order valence-corrected chi connectivity index (χ4v) is 1.85. The van der Waals surface area contributed by atoms with Crippen molar-refractivity contribution in [3.8, 4) is 0 Å². The topological polar surface area (TPSA) is 63.8 Å². The van der Waals surface area contributed by atoms with Crippen LogP contribution in [0.2, 0.25) is 0 Å². The molecule has 0 aliphatic carbocycles. The van der Waals surface area contributed by atoms with Crippen LogP contribution in [0, 0.1) is 5.92 Å². The Kier molecular flexibility index (Phi) is 4.99. The van der Waals surface area contributed by atoms with Gasteiger partial charge in [0.1, 0.15) is 5.82 Å². The number of nitrogens with zero attached hydrogens (tertiary/aromatic N) is 2. The largest absolute Gasteiger partial charge is 0.368 e. The molecule has 2 atom stereocenters. The van der Waals surface area contributed by atoms with E-state index in [1.54, 1.807) is 6.20 Å². The summed E-state index contributed by atoms with van der Waals surface area (Å²) >= 11 is 3.40. The van der Waals surface area contributed by atoms with Crippen molar-refractivity contribution in [3.05, 3.63) is 10.7 Å². The summed E-state index contributed by atoms with van der Waals surface area (Å²) < 4.78 is 0.845. The third kappa shape index (κ3) is 3.96. The van der Waals surface area contributed by atoms with Crippen LogP contribution in [0.5, 0.6) is 0 Å². The normalized spacial score (nSPS) is 14.5. The van der Waals surface area contributed by atoms with Gasteiger partial charge in [0.25, 0.3) is 0 Å². The Bertz CT molecular complexity index is 343. The second-order valence-corrected chi connectivity index (χ2v) is 5.07. The van der Waals surface area contributed by atoms with Gasteiger partial charge in [-0.25, -0.2) is 4.98 Å². The molecule has 0 amide bonds. The number of anilines is 2. The van der Waals surface area contributed by atoms with Gasteiger partial charge in [0.15, 0.2) is 0 Å². The summed E-state index contributed by atoms with van der Waals surface area (Å²) in [4.78, 5) is 8.06. The molecule has 0 radical (unpaired) electrons. The van der Waals surface area contributed by atoms with Crippen LogP contribution < -0.4 is 11.1 Å². The van der Waals surface area contributed by atoms with Crippen molar-refractivity contribution < 1.29 is 0 Å². The molecule has 0 fully saturated rings. The van der Waals surface area contributed by atoms with E-state index < -0.39 is 0 Å². The van der Waals surface area contributed by atoms with Crippen molar-refractivity contribution in [1.82, 2.24) is 9.97 Å². The Morgan fingerprint density at radius 1 is 1.50 bits per heavy atom. The maximum atomic E-state index is 5.55. The van der Waals surface area contributed by atoms with Crippen LogP contribution in [0.15, 0.2) is 10.7 Å². The monoisotopic (exact) mass is 286 g/mol. The Morgan fingerprint density at radius 3 is 2.81 bits per heavy atom. The van der Waals surface area contributed by atoms with E-state index in [4.69, 9.17) is 5.73 Å². The van der Waals surface area contributed by atoms with E-state index in [9.17, 15) is 0 Å². The Morgan fingerprint density at radius 2 is 2.19 bits per heavy atom. The van der Waals surface area contributed by atoms with Crippen molar-refractivity contribution in [1.29, 1.82) is 0 Å². The zero-order valence-corrected chi connectivity index (χ0v) is 11.6. The lowest BCUT2D eigenvalue weighted by atomic mass is 10.0. The predicted octanol–water partition coefficient (Wildman–Crippen LogP) is 3.06. The van der Waals surface area contributed by atoms with Crippen molar-refractivity contribution in [2.45, 2.75) is 39.7 Å². The highest BCUT2D eigenvalue weighted by Crippen LogP contribution is 2.21. The first kappa shape index (κ1) is 13.2. The van der Waals surface area contributed by atoms with Gasteiger partial charge in [-0.1, -0.05) is 20.3 Å². The highest BCUT2D eigenvalue weighted by Gasteiger charge is 2.10. The molecule has 0 saturated heterocycles. The van der Waals surface area contributed by atoms with Gasteiger partial charge in [0.2, 0.25) is 5.95 Å².